The van der Waals surface area contributed by atoms with Crippen molar-refractivity contribution in [3.8, 4) is 0 Å². The maximum Gasteiger partial charge on any atom is 0.251 e. The lowest BCUT2D eigenvalue weighted by Gasteiger charge is -2.15. The van der Waals surface area contributed by atoms with E-state index in [0.29, 0.717) is 22.7 Å². The van der Waals surface area contributed by atoms with Crippen molar-refractivity contribution in [2.45, 2.75) is 13.0 Å². The molecule has 1 atom stereocenters. The van der Waals surface area contributed by atoms with Crippen LogP contribution in [0.3, 0.4) is 0 Å². The molecule has 0 heterocycles. The molecule has 0 bridgehead atoms. The summed E-state index contributed by atoms with van der Waals surface area (Å²) in [5.74, 6) is -5.15. The second-order valence-corrected chi connectivity index (χ2v) is 4.88. The Morgan fingerprint density at radius 2 is 1.71 bits per heavy atom. The summed E-state index contributed by atoms with van der Waals surface area (Å²) in [6.45, 7) is 1.68. The number of carbonyl (C=O) groups excluding carboxylic acids is 1. The number of halogens is 4. The molecule has 0 aliphatic rings. The molecular formula is C15H11ClF3NO. The Bertz CT molecular complexity index is 667. The van der Waals surface area contributed by atoms with Crippen LogP contribution in [0.5, 0.6) is 0 Å². The fourth-order valence-electron chi connectivity index (χ4n) is 1.87. The molecular weight excluding hydrogens is 303 g/mol. The van der Waals surface area contributed by atoms with Crippen molar-refractivity contribution in [1.29, 1.82) is 0 Å². The minimum absolute atomic E-state index is 0.301. The van der Waals surface area contributed by atoms with Crippen LogP contribution in [0.2, 0.25) is 5.02 Å². The van der Waals surface area contributed by atoms with Gasteiger partial charge in [-0.25, -0.2) is 13.2 Å². The number of carbonyl (C=O) groups is 1. The van der Waals surface area contributed by atoms with Crippen LogP contribution in [0.1, 0.15) is 28.9 Å². The highest BCUT2D eigenvalue weighted by molar-refractivity contribution is 6.31. The highest BCUT2D eigenvalue weighted by Gasteiger charge is 2.17. The SMILES string of the molecule is CC(NC(=O)c1cc(F)c(F)c(F)c1)c1ccccc1Cl. The van der Waals surface area contributed by atoms with Gasteiger partial charge in [0.05, 0.1) is 6.04 Å². The molecule has 0 aromatic heterocycles. The van der Waals surface area contributed by atoms with Crippen LogP contribution in [0, 0.1) is 17.5 Å². The standard InChI is InChI=1S/C15H11ClF3NO/c1-8(10-4-2-3-5-11(10)16)20-15(21)9-6-12(17)14(19)13(18)7-9/h2-8H,1H3,(H,20,21). The number of rotatable bonds is 3. The fourth-order valence-corrected chi connectivity index (χ4v) is 2.17. The second kappa shape index (κ2) is 6.18. The van der Waals surface area contributed by atoms with Crippen molar-refractivity contribution in [3.63, 3.8) is 0 Å². The molecule has 0 saturated heterocycles. The Morgan fingerprint density at radius 3 is 2.29 bits per heavy atom. The first-order valence-electron chi connectivity index (χ1n) is 6.10. The van der Waals surface area contributed by atoms with Gasteiger partial charge in [0.2, 0.25) is 0 Å². The summed E-state index contributed by atoms with van der Waals surface area (Å²) in [6, 6.07) is 7.70. The van der Waals surface area contributed by atoms with E-state index in [1.807, 2.05) is 0 Å². The third-order valence-corrected chi connectivity index (χ3v) is 3.31. The van der Waals surface area contributed by atoms with Gasteiger partial charge in [0.1, 0.15) is 0 Å². The molecule has 2 aromatic carbocycles. The van der Waals surface area contributed by atoms with Crippen molar-refractivity contribution < 1.29 is 18.0 Å². The lowest BCUT2D eigenvalue weighted by atomic mass is 10.1. The van der Waals surface area contributed by atoms with E-state index in [2.05, 4.69) is 5.32 Å². The van der Waals surface area contributed by atoms with E-state index in [-0.39, 0.29) is 5.56 Å². The van der Waals surface area contributed by atoms with Crippen LogP contribution in [-0.4, -0.2) is 5.91 Å². The van der Waals surface area contributed by atoms with Crippen molar-refractivity contribution >= 4 is 17.5 Å². The molecule has 6 heteroatoms. The Morgan fingerprint density at radius 1 is 1.14 bits per heavy atom. The van der Waals surface area contributed by atoms with E-state index >= 15 is 0 Å². The van der Waals surface area contributed by atoms with Gasteiger partial charge in [-0.3, -0.25) is 4.79 Å². The van der Waals surface area contributed by atoms with Crippen molar-refractivity contribution in [2.75, 3.05) is 0 Å². The molecule has 21 heavy (non-hydrogen) atoms. The zero-order chi connectivity index (χ0) is 15.6. The van der Waals surface area contributed by atoms with Crippen LogP contribution in [0.15, 0.2) is 36.4 Å². The molecule has 0 aliphatic heterocycles. The van der Waals surface area contributed by atoms with Gasteiger partial charge in [-0.15, -0.1) is 0 Å². The summed E-state index contributed by atoms with van der Waals surface area (Å²) < 4.78 is 39.1. The van der Waals surface area contributed by atoms with E-state index in [1.165, 1.54) is 0 Å². The lowest BCUT2D eigenvalue weighted by molar-refractivity contribution is 0.0938. The monoisotopic (exact) mass is 313 g/mol. The minimum Gasteiger partial charge on any atom is -0.345 e. The summed E-state index contributed by atoms with van der Waals surface area (Å²) in [5.41, 5.74) is 0.362. The Balaban J connectivity index is 2.20. The number of benzene rings is 2. The van der Waals surface area contributed by atoms with Crippen LogP contribution in [0.25, 0.3) is 0 Å². The first-order valence-corrected chi connectivity index (χ1v) is 6.47. The minimum atomic E-state index is -1.61. The zero-order valence-corrected chi connectivity index (χ0v) is 11.7. The van der Waals surface area contributed by atoms with Gasteiger partial charge in [0.15, 0.2) is 17.5 Å². The molecule has 0 saturated carbocycles. The lowest BCUT2D eigenvalue weighted by Crippen LogP contribution is -2.27. The Labute approximate surface area is 124 Å². The van der Waals surface area contributed by atoms with E-state index in [0.717, 1.165) is 0 Å². The number of hydrogen-bond donors (Lipinski definition) is 1. The predicted octanol–water partition coefficient (Wildman–Crippen LogP) is 4.25. The highest BCUT2D eigenvalue weighted by atomic mass is 35.5. The molecule has 1 unspecified atom stereocenters. The van der Waals surface area contributed by atoms with Gasteiger partial charge in [0, 0.05) is 10.6 Å². The largest absolute Gasteiger partial charge is 0.345 e. The van der Waals surface area contributed by atoms with Crippen molar-refractivity contribution in [1.82, 2.24) is 5.32 Å². The van der Waals surface area contributed by atoms with E-state index in [4.69, 9.17) is 11.6 Å². The summed E-state index contributed by atoms with van der Waals surface area (Å²) >= 11 is 6.00. The van der Waals surface area contributed by atoms with Gasteiger partial charge in [-0.05, 0) is 30.7 Å². The first kappa shape index (κ1) is 15.4. The highest BCUT2D eigenvalue weighted by Crippen LogP contribution is 2.22. The zero-order valence-electron chi connectivity index (χ0n) is 11.0. The number of nitrogens with one attached hydrogen (secondary N) is 1. The van der Waals surface area contributed by atoms with Gasteiger partial charge in [-0.2, -0.15) is 0 Å². The average Bonchev–Trinajstić information content (AvgIpc) is 2.44. The van der Waals surface area contributed by atoms with E-state index in [9.17, 15) is 18.0 Å². The average molecular weight is 314 g/mol. The second-order valence-electron chi connectivity index (χ2n) is 4.47. The third kappa shape index (κ3) is 3.36. The summed E-state index contributed by atoms with van der Waals surface area (Å²) in [7, 11) is 0. The summed E-state index contributed by atoms with van der Waals surface area (Å²) in [6.07, 6.45) is 0. The molecule has 0 radical (unpaired) electrons. The summed E-state index contributed by atoms with van der Waals surface area (Å²) in [4.78, 5) is 11.9. The first-order chi connectivity index (χ1) is 9.90. The van der Waals surface area contributed by atoms with Gasteiger partial charge < -0.3 is 5.32 Å². The number of hydrogen-bond acceptors (Lipinski definition) is 1. The molecule has 2 rings (SSSR count). The topological polar surface area (TPSA) is 29.1 Å². The van der Waals surface area contributed by atoms with Crippen molar-refractivity contribution in [2.24, 2.45) is 0 Å². The quantitative estimate of drug-likeness (QED) is 0.843. The summed E-state index contributed by atoms with van der Waals surface area (Å²) in [5, 5.41) is 3.01. The predicted molar refractivity (Wildman–Crippen MR) is 73.6 cm³/mol. The number of amides is 1. The Kier molecular flexibility index (Phi) is 4.53. The van der Waals surface area contributed by atoms with Crippen LogP contribution >= 0.6 is 11.6 Å². The molecule has 0 spiro atoms. The van der Waals surface area contributed by atoms with Crippen LogP contribution < -0.4 is 5.32 Å². The molecule has 0 aliphatic carbocycles. The third-order valence-electron chi connectivity index (χ3n) is 2.97. The fraction of sp³-hybridized carbons (Fsp3) is 0.133. The van der Waals surface area contributed by atoms with Crippen molar-refractivity contribution in [3.05, 3.63) is 70.0 Å². The van der Waals surface area contributed by atoms with E-state index in [1.54, 1.807) is 31.2 Å². The Hall–Kier alpha value is -2.01. The maximum atomic E-state index is 13.1. The van der Waals surface area contributed by atoms with E-state index < -0.39 is 29.4 Å². The van der Waals surface area contributed by atoms with Crippen LogP contribution in [-0.2, 0) is 0 Å². The molecule has 0 fully saturated rings. The molecule has 2 aromatic rings. The molecule has 1 N–H and O–H groups in total. The van der Waals surface area contributed by atoms with Gasteiger partial charge in [0.25, 0.3) is 5.91 Å². The van der Waals surface area contributed by atoms with Crippen LogP contribution in [0.4, 0.5) is 13.2 Å². The molecule has 2 nitrogen and oxygen atoms in total. The molecule has 110 valence electrons. The molecule has 1 amide bonds. The van der Waals surface area contributed by atoms with Gasteiger partial charge in [-0.1, -0.05) is 29.8 Å². The smallest absolute Gasteiger partial charge is 0.251 e. The maximum absolute atomic E-state index is 13.1. The normalized spacial score (nSPS) is 12.0. The van der Waals surface area contributed by atoms with Gasteiger partial charge >= 0.3 is 0 Å².